The van der Waals surface area contributed by atoms with Gasteiger partial charge in [0.1, 0.15) is 11.3 Å². The number of unbranched alkanes of at least 4 members (excludes halogenated alkanes) is 1. The van der Waals surface area contributed by atoms with E-state index in [0.29, 0.717) is 18.4 Å². The Morgan fingerprint density at radius 1 is 1.13 bits per heavy atom. The maximum absolute atomic E-state index is 13.7. The van der Waals surface area contributed by atoms with Crippen molar-refractivity contribution in [2.24, 2.45) is 11.8 Å². The van der Waals surface area contributed by atoms with E-state index in [1.54, 1.807) is 6.20 Å². The van der Waals surface area contributed by atoms with E-state index in [0.717, 1.165) is 27.9 Å². The number of H-pyrrole nitrogens is 1. The molecule has 2 amide bonds. The van der Waals surface area contributed by atoms with Gasteiger partial charge in [-0.3, -0.25) is 24.6 Å². The molecule has 2 fully saturated rings. The number of halogens is 3. The Labute approximate surface area is 215 Å². The van der Waals surface area contributed by atoms with Crippen LogP contribution in [0.5, 0.6) is 5.75 Å². The summed E-state index contributed by atoms with van der Waals surface area (Å²) in [7, 11) is 0. The molecule has 8 nitrogen and oxygen atoms in total. The van der Waals surface area contributed by atoms with Crippen molar-refractivity contribution in [3.63, 3.8) is 0 Å². The highest BCUT2D eigenvalue weighted by molar-refractivity contribution is 6.09. The van der Waals surface area contributed by atoms with Gasteiger partial charge in [0.2, 0.25) is 11.8 Å². The van der Waals surface area contributed by atoms with Crippen molar-refractivity contribution in [3.05, 3.63) is 65.9 Å². The summed E-state index contributed by atoms with van der Waals surface area (Å²) >= 11 is 0. The van der Waals surface area contributed by atoms with Crippen LogP contribution in [0.2, 0.25) is 0 Å². The summed E-state index contributed by atoms with van der Waals surface area (Å²) in [4.78, 5) is 44.5. The highest BCUT2D eigenvalue weighted by Gasteiger charge is 2.68. The third-order valence-electron chi connectivity index (χ3n) is 7.46. The third kappa shape index (κ3) is 4.30. The van der Waals surface area contributed by atoms with Crippen LogP contribution in [0, 0.1) is 11.8 Å². The van der Waals surface area contributed by atoms with Crippen molar-refractivity contribution in [2.75, 3.05) is 6.54 Å². The molecule has 2 aliphatic rings. The van der Waals surface area contributed by atoms with Crippen LogP contribution in [-0.2, 0) is 20.8 Å². The number of hydrogen-bond donors (Lipinski definition) is 3. The summed E-state index contributed by atoms with van der Waals surface area (Å²) in [6.07, 6.45) is -2.12. The van der Waals surface area contributed by atoms with Gasteiger partial charge in [-0.15, -0.1) is 13.2 Å². The maximum atomic E-state index is 13.7. The van der Waals surface area contributed by atoms with Crippen molar-refractivity contribution in [1.82, 2.24) is 15.2 Å². The minimum atomic E-state index is -4.93. The molecular formula is C27H26F3N3O5. The van der Waals surface area contributed by atoms with Crippen molar-refractivity contribution in [1.29, 1.82) is 0 Å². The maximum Gasteiger partial charge on any atom is 0.573 e. The Hall–Kier alpha value is -3.86. The first kappa shape index (κ1) is 25.8. The number of amides is 2. The number of likely N-dealkylation sites (tertiary alicyclic amines) is 1. The van der Waals surface area contributed by atoms with E-state index in [9.17, 15) is 32.7 Å². The number of rotatable bonds is 8. The van der Waals surface area contributed by atoms with Crippen molar-refractivity contribution in [3.8, 4) is 5.75 Å². The van der Waals surface area contributed by atoms with Gasteiger partial charge in [0.05, 0.1) is 11.8 Å². The average molecular weight is 530 g/mol. The van der Waals surface area contributed by atoms with Gasteiger partial charge in [-0.05, 0) is 35.7 Å². The summed E-state index contributed by atoms with van der Waals surface area (Å²) in [5, 5.41) is 14.4. The number of fused-ring (bicyclic) bond motifs is 2. The standard InChI is InChI=1S/C27H26F3N3O5/c1-2-3-11-33-23(34)20-21(24(33)35)26(25(36)37,13-16-14-31-19-10-5-4-9-18(16)19)32-22(20)15-7-6-8-17(12-15)38-27(28,29)30/h4-10,12,14,20-22,31-32H,2-3,11,13H2,1H3,(H,36,37). The van der Waals surface area contributed by atoms with Gasteiger partial charge in [-0.25, -0.2) is 0 Å². The number of alkyl halides is 3. The lowest BCUT2D eigenvalue weighted by Gasteiger charge is -2.31. The molecule has 3 aromatic rings. The van der Waals surface area contributed by atoms with Gasteiger partial charge in [0.15, 0.2) is 0 Å². The number of carbonyl (C=O) groups excluding carboxylic acids is 2. The van der Waals surface area contributed by atoms with Crippen molar-refractivity contribution < 1.29 is 37.4 Å². The second-order valence-electron chi connectivity index (χ2n) is 9.74. The highest BCUT2D eigenvalue weighted by atomic mass is 19.4. The number of aliphatic carboxylic acids is 1. The van der Waals surface area contributed by atoms with E-state index >= 15 is 0 Å². The molecule has 0 spiro atoms. The SMILES string of the molecule is CCCCN1C(=O)C2C(c3cccc(OC(F)(F)F)c3)NC(Cc3c[nH]c4ccccc34)(C(=O)O)C2C1=O. The molecule has 11 heteroatoms. The molecule has 1 aromatic heterocycles. The summed E-state index contributed by atoms with van der Waals surface area (Å²) in [5.41, 5.74) is -0.238. The topological polar surface area (TPSA) is 112 Å². The molecule has 4 unspecified atom stereocenters. The molecule has 0 aliphatic carbocycles. The molecule has 5 rings (SSSR count). The van der Waals surface area contributed by atoms with E-state index in [1.165, 1.54) is 12.1 Å². The zero-order chi connectivity index (χ0) is 27.2. The lowest BCUT2D eigenvalue weighted by atomic mass is 9.76. The number of ether oxygens (including phenoxy) is 1. The first-order valence-electron chi connectivity index (χ1n) is 12.3. The third-order valence-corrected chi connectivity index (χ3v) is 7.46. The molecule has 2 aromatic carbocycles. The number of carboxylic acid groups (broad SMARTS) is 1. The number of imide groups is 1. The first-order chi connectivity index (χ1) is 18.1. The summed E-state index contributed by atoms with van der Waals surface area (Å²) in [6.45, 7) is 2.05. The Kier molecular flexibility index (Phi) is 6.42. The van der Waals surface area contributed by atoms with Crippen molar-refractivity contribution >= 4 is 28.7 Å². The van der Waals surface area contributed by atoms with Gasteiger partial charge >= 0.3 is 12.3 Å². The second-order valence-corrected chi connectivity index (χ2v) is 9.74. The molecule has 38 heavy (non-hydrogen) atoms. The fourth-order valence-corrected chi connectivity index (χ4v) is 5.80. The van der Waals surface area contributed by atoms with E-state index in [-0.39, 0.29) is 18.5 Å². The van der Waals surface area contributed by atoms with Gasteiger partial charge in [0, 0.05) is 36.1 Å². The number of hydrogen-bond acceptors (Lipinski definition) is 5. The number of benzene rings is 2. The predicted molar refractivity (Wildman–Crippen MR) is 130 cm³/mol. The van der Waals surface area contributed by atoms with Crippen LogP contribution in [0.15, 0.2) is 54.7 Å². The summed E-state index contributed by atoms with van der Waals surface area (Å²) < 4.78 is 42.7. The van der Waals surface area contributed by atoms with E-state index in [1.807, 2.05) is 31.2 Å². The molecule has 2 aliphatic heterocycles. The van der Waals surface area contributed by atoms with Crippen LogP contribution >= 0.6 is 0 Å². The summed E-state index contributed by atoms with van der Waals surface area (Å²) in [5.74, 6) is -5.31. The van der Waals surface area contributed by atoms with E-state index < -0.39 is 53.3 Å². The quantitative estimate of drug-likeness (QED) is 0.378. The number of para-hydroxylation sites is 1. The van der Waals surface area contributed by atoms with Gasteiger partial charge < -0.3 is 14.8 Å². The number of carboxylic acids is 1. The molecule has 0 saturated carbocycles. The number of aromatic nitrogens is 1. The zero-order valence-corrected chi connectivity index (χ0v) is 20.4. The lowest BCUT2D eigenvalue weighted by molar-refractivity contribution is -0.274. The van der Waals surface area contributed by atoms with E-state index in [2.05, 4.69) is 15.0 Å². The van der Waals surface area contributed by atoms with Crippen LogP contribution < -0.4 is 10.1 Å². The number of carbonyl (C=O) groups is 3. The van der Waals surface area contributed by atoms with Gasteiger partial charge in [-0.2, -0.15) is 0 Å². The summed E-state index contributed by atoms with van der Waals surface area (Å²) in [6, 6.07) is 11.3. The van der Waals surface area contributed by atoms with Crippen LogP contribution in [-0.4, -0.2) is 51.2 Å². The largest absolute Gasteiger partial charge is 0.573 e. The predicted octanol–water partition coefficient (Wildman–Crippen LogP) is 4.18. The normalized spacial score (nSPS) is 25.3. The molecule has 3 heterocycles. The Morgan fingerprint density at radius 3 is 2.61 bits per heavy atom. The molecule has 200 valence electrons. The van der Waals surface area contributed by atoms with Gasteiger partial charge in [0.25, 0.3) is 0 Å². The molecule has 2 saturated heterocycles. The smallest absolute Gasteiger partial charge is 0.480 e. The molecular weight excluding hydrogens is 503 g/mol. The molecule has 4 atom stereocenters. The van der Waals surface area contributed by atoms with E-state index in [4.69, 9.17) is 0 Å². The highest BCUT2D eigenvalue weighted by Crippen LogP contribution is 2.50. The fraction of sp³-hybridized carbons (Fsp3) is 0.370. The Bertz CT molecular complexity index is 1400. The zero-order valence-electron chi connectivity index (χ0n) is 20.4. The Balaban J connectivity index is 1.61. The second kappa shape index (κ2) is 9.46. The fourth-order valence-electron chi connectivity index (χ4n) is 5.80. The monoisotopic (exact) mass is 529 g/mol. The number of nitrogens with zero attached hydrogens (tertiary/aromatic N) is 1. The molecule has 3 N–H and O–H groups in total. The van der Waals surface area contributed by atoms with Crippen molar-refractivity contribution in [2.45, 2.75) is 44.1 Å². The van der Waals surface area contributed by atoms with Crippen LogP contribution in [0.1, 0.15) is 36.9 Å². The minimum Gasteiger partial charge on any atom is -0.480 e. The Morgan fingerprint density at radius 2 is 1.89 bits per heavy atom. The minimum absolute atomic E-state index is 0.122. The first-order valence-corrected chi connectivity index (χ1v) is 12.3. The average Bonchev–Trinajstić information content (AvgIpc) is 3.50. The number of aromatic amines is 1. The molecule has 0 bridgehead atoms. The molecule has 0 radical (unpaired) electrons. The van der Waals surface area contributed by atoms with Crippen LogP contribution in [0.4, 0.5) is 13.2 Å². The van der Waals surface area contributed by atoms with Crippen LogP contribution in [0.25, 0.3) is 10.9 Å². The van der Waals surface area contributed by atoms with Crippen LogP contribution in [0.3, 0.4) is 0 Å². The lowest BCUT2D eigenvalue weighted by Crippen LogP contribution is -2.57. The van der Waals surface area contributed by atoms with Gasteiger partial charge in [-0.1, -0.05) is 43.7 Å². The number of nitrogens with one attached hydrogen (secondary N) is 2.